The van der Waals surface area contributed by atoms with E-state index < -0.39 is 0 Å². The Balaban J connectivity index is 2.79. The Morgan fingerprint density at radius 1 is 1.43 bits per heavy atom. The lowest BCUT2D eigenvalue weighted by Gasteiger charge is -1.91. The zero-order valence-corrected chi connectivity index (χ0v) is 9.61. The molecule has 1 heterocycles. The monoisotopic (exact) mass is 301 g/mol. The highest BCUT2D eigenvalue weighted by atomic mass is 127. The highest BCUT2D eigenvalue weighted by Crippen LogP contribution is 2.35. The van der Waals surface area contributed by atoms with Gasteiger partial charge >= 0.3 is 0 Å². The average Bonchev–Trinajstić information content (AvgIpc) is 2.45. The van der Waals surface area contributed by atoms with Crippen molar-refractivity contribution in [2.45, 2.75) is 0 Å². The molecule has 2 aromatic rings. The van der Waals surface area contributed by atoms with Crippen LogP contribution >= 0.6 is 22.6 Å². The largest absolute Gasteiger partial charge is 0.493 e. The number of aromatic hydroxyl groups is 1. The first-order valence-electron chi connectivity index (χ1n) is 4.02. The highest BCUT2D eigenvalue weighted by molar-refractivity contribution is 14.1. The molecule has 0 unspecified atom stereocenters. The zero-order valence-electron chi connectivity index (χ0n) is 7.45. The number of nitrogens with zero attached hydrogens (tertiary/aromatic N) is 2. The Morgan fingerprint density at radius 3 is 2.93 bits per heavy atom. The number of hydrogen-bond donors (Lipinski definition) is 2. The van der Waals surface area contributed by atoms with Crippen molar-refractivity contribution >= 4 is 39.2 Å². The standard InChI is InChI=1S/C9H8IN3O/c1-11-13-8-6-4-5(10)2-3-7(6)12-9(8)14/h2-4,12,14H,1H3. The first kappa shape index (κ1) is 9.45. The van der Waals surface area contributed by atoms with Gasteiger partial charge in [-0.05, 0) is 40.8 Å². The summed E-state index contributed by atoms with van der Waals surface area (Å²) in [5.74, 6) is 0.0626. The molecule has 0 radical (unpaired) electrons. The maximum absolute atomic E-state index is 9.54. The maximum atomic E-state index is 9.54. The van der Waals surface area contributed by atoms with Crippen LogP contribution in [0.1, 0.15) is 0 Å². The van der Waals surface area contributed by atoms with Crippen LogP contribution in [0.2, 0.25) is 0 Å². The molecule has 0 bridgehead atoms. The molecule has 0 aliphatic heterocycles. The minimum atomic E-state index is 0.0626. The van der Waals surface area contributed by atoms with Gasteiger partial charge in [-0.2, -0.15) is 5.11 Å². The normalized spacial score (nSPS) is 11.6. The van der Waals surface area contributed by atoms with Gasteiger partial charge in [-0.25, -0.2) is 0 Å². The molecule has 0 aliphatic carbocycles. The molecule has 1 aromatic heterocycles. The number of halogens is 1. The lowest BCUT2D eigenvalue weighted by atomic mass is 10.2. The average molecular weight is 301 g/mol. The van der Waals surface area contributed by atoms with E-state index >= 15 is 0 Å². The topological polar surface area (TPSA) is 60.7 Å². The summed E-state index contributed by atoms with van der Waals surface area (Å²) in [5, 5.41) is 18.0. The van der Waals surface area contributed by atoms with Crippen LogP contribution in [0.5, 0.6) is 5.88 Å². The maximum Gasteiger partial charge on any atom is 0.218 e. The summed E-state index contributed by atoms with van der Waals surface area (Å²) >= 11 is 2.21. The lowest BCUT2D eigenvalue weighted by molar-refractivity contribution is 0.459. The van der Waals surface area contributed by atoms with E-state index in [2.05, 4.69) is 37.8 Å². The molecule has 0 atom stereocenters. The van der Waals surface area contributed by atoms with Crippen molar-refractivity contribution < 1.29 is 5.11 Å². The van der Waals surface area contributed by atoms with Crippen LogP contribution in [0, 0.1) is 3.57 Å². The molecule has 14 heavy (non-hydrogen) atoms. The number of aromatic nitrogens is 1. The summed E-state index contributed by atoms with van der Waals surface area (Å²) in [6.07, 6.45) is 0. The molecule has 0 aliphatic rings. The fourth-order valence-electron chi connectivity index (χ4n) is 1.34. The zero-order chi connectivity index (χ0) is 10.1. The second kappa shape index (κ2) is 3.56. The Labute approximate surface area is 94.2 Å². The lowest BCUT2D eigenvalue weighted by Crippen LogP contribution is -1.70. The van der Waals surface area contributed by atoms with Gasteiger partial charge in [0, 0.05) is 16.0 Å². The Kier molecular flexibility index (Phi) is 2.40. The second-order valence-corrected chi connectivity index (χ2v) is 4.06. The molecule has 2 N–H and O–H groups in total. The number of benzene rings is 1. The van der Waals surface area contributed by atoms with E-state index in [9.17, 15) is 5.11 Å². The van der Waals surface area contributed by atoms with Crippen LogP contribution in [-0.2, 0) is 0 Å². The van der Waals surface area contributed by atoms with Crippen LogP contribution in [0.25, 0.3) is 10.9 Å². The van der Waals surface area contributed by atoms with Crippen molar-refractivity contribution in [3.63, 3.8) is 0 Å². The smallest absolute Gasteiger partial charge is 0.218 e. The number of H-pyrrole nitrogens is 1. The first-order chi connectivity index (χ1) is 6.72. The van der Waals surface area contributed by atoms with E-state index in [0.29, 0.717) is 5.69 Å². The van der Waals surface area contributed by atoms with E-state index in [4.69, 9.17) is 0 Å². The molecule has 0 fully saturated rings. The predicted molar refractivity (Wildman–Crippen MR) is 63.1 cm³/mol. The summed E-state index contributed by atoms with van der Waals surface area (Å²) in [7, 11) is 1.58. The Bertz CT molecular complexity index is 504. The van der Waals surface area contributed by atoms with Crippen molar-refractivity contribution in [1.82, 2.24) is 4.98 Å². The van der Waals surface area contributed by atoms with Gasteiger partial charge in [0.15, 0.2) is 5.69 Å². The molecule has 0 amide bonds. The SMILES string of the molecule is CN=Nc1c(O)[nH]c2ccc(I)cc12. The summed E-state index contributed by atoms with van der Waals surface area (Å²) in [4.78, 5) is 2.84. The fourth-order valence-corrected chi connectivity index (χ4v) is 1.83. The quantitative estimate of drug-likeness (QED) is 0.616. The Morgan fingerprint density at radius 2 is 2.21 bits per heavy atom. The van der Waals surface area contributed by atoms with Gasteiger partial charge in [-0.3, -0.25) is 0 Å². The van der Waals surface area contributed by atoms with Gasteiger partial charge in [0.1, 0.15) is 0 Å². The van der Waals surface area contributed by atoms with Crippen LogP contribution in [0.15, 0.2) is 28.4 Å². The van der Waals surface area contributed by atoms with Crippen molar-refractivity contribution in [1.29, 1.82) is 0 Å². The molecule has 0 saturated heterocycles. The van der Waals surface area contributed by atoms with Gasteiger partial charge in [-0.15, -0.1) is 5.11 Å². The third-order valence-electron chi connectivity index (χ3n) is 1.91. The van der Waals surface area contributed by atoms with E-state index in [1.54, 1.807) is 7.05 Å². The molecular weight excluding hydrogens is 293 g/mol. The van der Waals surface area contributed by atoms with Gasteiger partial charge in [0.25, 0.3) is 0 Å². The molecule has 0 saturated carbocycles. The summed E-state index contributed by atoms with van der Waals surface area (Å²) in [6.45, 7) is 0. The number of nitrogens with one attached hydrogen (secondary N) is 1. The minimum Gasteiger partial charge on any atom is -0.493 e. The molecule has 2 rings (SSSR count). The molecule has 4 nitrogen and oxygen atoms in total. The molecule has 0 spiro atoms. The van der Waals surface area contributed by atoms with Gasteiger partial charge in [-0.1, -0.05) is 0 Å². The van der Waals surface area contributed by atoms with E-state index in [-0.39, 0.29) is 5.88 Å². The number of azo groups is 1. The summed E-state index contributed by atoms with van der Waals surface area (Å²) in [5.41, 5.74) is 1.37. The molecule has 5 heteroatoms. The third-order valence-corrected chi connectivity index (χ3v) is 2.59. The predicted octanol–water partition coefficient (Wildman–Crippen LogP) is 3.19. The Hall–Kier alpha value is -1.11. The van der Waals surface area contributed by atoms with Crippen LogP contribution in [-0.4, -0.2) is 17.1 Å². The van der Waals surface area contributed by atoms with Gasteiger partial charge in [0.2, 0.25) is 5.88 Å². The van der Waals surface area contributed by atoms with E-state index in [0.717, 1.165) is 14.5 Å². The van der Waals surface area contributed by atoms with Crippen molar-refractivity contribution in [2.24, 2.45) is 10.2 Å². The number of rotatable bonds is 1. The summed E-state index contributed by atoms with van der Waals surface area (Å²) < 4.78 is 1.10. The molecule has 72 valence electrons. The van der Waals surface area contributed by atoms with Gasteiger partial charge in [0.05, 0.1) is 5.52 Å². The first-order valence-corrected chi connectivity index (χ1v) is 5.10. The van der Waals surface area contributed by atoms with Gasteiger partial charge < -0.3 is 10.1 Å². The molecule has 1 aromatic carbocycles. The number of fused-ring (bicyclic) bond motifs is 1. The van der Waals surface area contributed by atoms with Crippen molar-refractivity contribution in [3.05, 3.63) is 21.8 Å². The van der Waals surface area contributed by atoms with E-state index in [1.807, 2.05) is 18.2 Å². The van der Waals surface area contributed by atoms with Crippen molar-refractivity contribution in [2.75, 3.05) is 7.05 Å². The van der Waals surface area contributed by atoms with Crippen LogP contribution < -0.4 is 0 Å². The van der Waals surface area contributed by atoms with Crippen LogP contribution in [0.3, 0.4) is 0 Å². The third kappa shape index (κ3) is 1.47. The van der Waals surface area contributed by atoms with Crippen molar-refractivity contribution in [3.8, 4) is 5.88 Å². The summed E-state index contributed by atoms with van der Waals surface area (Å²) in [6, 6.07) is 5.83. The van der Waals surface area contributed by atoms with Crippen LogP contribution in [0.4, 0.5) is 5.69 Å². The second-order valence-electron chi connectivity index (χ2n) is 2.81. The minimum absolute atomic E-state index is 0.0626. The fraction of sp³-hybridized carbons (Fsp3) is 0.111. The molecular formula is C9H8IN3O. The number of hydrogen-bond acceptors (Lipinski definition) is 3. The number of aromatic amines is 1. The highest BCUT2D eigenvalue weighted by Gasteiger charge is 2.09. The van der Waals surface area contributed by atoms with E-state index in [1.165, 1.54) is 0 Å².